The molecule has 0 radical (unpaired) electrons. The van der Waals surface area contributed by atoms with Gasteiger partial charge < -0.3 is 10.5 Å². The van der Waals surface area contributed by atoms with Gasteiger partial charge >= 0.3 is 0 Å². The van der Waals surface area contributed by atoms with Crippen molar-refractivity contribution in [3.8, 4) is 24.0 Å². The first-order valence-electron chi connectivity index (χ1n) is 6.38. The molecule has 2 rings (SSSR count). The third-order valence-electron chi connectivity index (χ3n) is 3.47. The summed E-state index contributed by atoms with van der Waals surface area (Å²) in [7, 11) is 0. The van der Waals surface area contributed by atoms with Crippen molar-refractivity contribution in [1.29, 1.82) is 15.8 Å². The second kappa shape index (κ2) is 5.99. The van der Waals surface area contributed by atoms with E-state index in [4.69, 9.17) is 21.0 Å². The van der Waals surface area contributed by atoms with Crippen LogP contribution in [0, 0.1) is 39.8 Å². The summed E-state index contributed by atoms with van der Waals surface area (Å²) in [5.41, 5.74) is 7.06. The molecule has 0 fully saturated rings. The van der Waals surface area contributed by atoms with Gasteiger partial charge in [0.25, 0.3) is 0 Å². The summed E-state index contributed by atoms with van der Waals surface area (Å²) in [6, 6.07) is 9.59. The van der Waals surface area contributed by atoms with E-state index in [1.807, 2.05) is 18.2 Å². The lowest BCUT2D eigenvalue weighted by Gasteiger charge is -2.26. The topological polar surface area (TPSA) is 107 Å². The van der Waals surface area contributed by atoms with Gasteiger partial charge in [0.2, 0.25) is 5.88 Å². The summed E-state index contributed by atoms with van der Waals surface area (Å²) in [4.78, 5) is 0. The molecule has 108 valence electrons. The average Bonchev–Trinajstić information content (AvgIpc) is 2.48. The van der Waals surface area contributed by atoms with Crippen molar-refractivity contribution in [2.24, 2.45) is 5.73 Å². The van der Waals surface area contributed by atoms with Gasteiger partial charge in [0, 0.05) is 17.5 Å². The highest BCUT2D eigenvalue weighted by Crippen LogP contribution is 2.41. The van der Waals surface area contributed by atoms with Crippen molar-refractivity contribution in [2.45, 2.75) is 19.3 Å². The monoisotopic (exact) mass is 294 g/mol. The zero-order valence-electron chi connectivity index (χ0n) is 11.7. The molecule has 6 heteroatoms. The van der Waals surface area contributed by atoms with Crippen molar-refractivity contribution in [3.05, 3.63) is 52.2 Å². The number of ether oxygens (including phenoxy) is 1. The molecule has 0 aromatic heterocycles. The van der Waals surface area contributed by atoms with Crippen LogP contribution >= 0.6 is 0 Å². The van der Waals surface area contributed by atoms with E-state index in [-0.39, 0.29) is 29.2 Å². The molecular weight excluding hydrogens is 283 g/mol. The minimum absolute atomic E-state index is 0.00832. The highest BCUT2D eigenvalue weighted by molar-refractivity contribution is 5.51. The van der Waals surface area contributed by atoms with Crippen molar-refractivity contribution in [1.82, 2.24) is 0 Å². The number of nitrogens with zero attached hydrogens (tertiary/aromatic N) is 3. The molecule has 1 unspecified atom stereocenters. The summed E-state index contributed by atoms with van der Waals surface area (Å²) in [5.74, 6) is -0.808. The number of allylic oxidation sites excluding steroid dienone is 3. The zero-order valence-corrected chi connectivity index (χ0v) is 11.7. The molecule has 2 N–H and O–H groups in total. The molecule has 1 aliphatic rings. The molecule has 5 nitrogen and oxygen atoms in total. The molecule has 0 bridgehead atoms. The van der Waals surface area contributed by atoms with E-state index < -0.39 is 11.7 Å². The Balaban J connectivity index is 2.54. The van der Waals surface area contributed by atoms with Gasteiger partial charge in [-0.15, -0.1) is 0 Å². The second-order valence-electron chi connectivity index (χ2n) is 4.81. The largest absolute Gasteiger partial charge is 0.440 e. The van der Waals surface area contributed by atoms with Crippen LogP contribution in [0.25, 0.3) is 0 Å². The first-order valence-corrected chi connectivity index (χ1v) is 6.38. The Morgan fingerprint density at radius 1 is 1.32 bits per heavy atom. The maximum atomic E-state index is 13.3. The van der Waals surface area contributed by atoms with E-state index in [0.29, 0.717) is 11.1 Å². The van der Waals surface area contributed by atoms with Gasteiger partial charge in [-0.25, -0.2) is 4.39 Å². The maximum Gasteiger partial charge on any atom is 0.205 e. The SMILES string of the molecule is CC(CC1C(C#N)=C(N)Oc2cc(F)ccc21)=C(C#N)C#N. The smallest absolute Gasteiger partial charge is 0.205 e. The number of rotatable bonds is 2. The molecule has 0 saturated carbocycles. The molecule has 0 aliphatic carbocycles. The van der Waals surface area contributed by atoms with E-state index in [1.54, 1.807) is 6.92 Å². The second-order valence-corrected chi connectivity index (χ2v) is 4.81. The predicted molar refractivity (Wildman–Crippen MR) is 75.1 cm³/mol. The summed E-state index contributed by atoms with van der Waals surface area (Å²) < 4.78 is 18.6. The highest BCUT2D eigenvalue weighted by Gasteiger charge is 2.30. The Kier molecular flexibility index (Phi) is 4.11. The predicted octanol–water partition coefficient (Wildman–Crippen LogP) is 2.75. The molecular formula is C16H11FN4O. The number of nitriles is 3. The van der Waals surface area contributed by atoms with E-state index in [2.05, 4.69) is 0 Å². The van der Waals surface area contributed by atoms with Gasteiger partial charge in [0.15, 0.2) is 0 Å². The Morgan fingerprint density at radius 3 is 2.59 bits per heavy atom. The van der Waals surface area contributed by atoms with Crippen LogP contribution in [0.15, 0.2) is 40.8 Å². The number of nitrogens with two attached hydrogens (primary N) is 1. The van der Waals surface area contributed by atoms with Gasteiger partial charge in [-0.1, -0.05) is 6.07 Å². The van der Waals surface area contributed by atoms with Crippen LogP contribution in [0.3, 0.4) is 0 Å². The van der Waals surface area contributed by atoms with Crippen LogP contribution in [-0.4, -0.2) is 0 Å². The van der Waals surface area contributed by atoms with Gasteiger partial charge in [-0.3, -0.25) is 0 Å². The van der Waals surface area contributed by atoms with E-state index in [0.717, 1.165) is 0 Å². The third kappa shape index (κ3) is 2.61. The number of benzene rings is 1. The van der Waals surface area contributed by atoms with Gasteiger partial charge in [0.05, 0.1) is 5.57 Å². The summed E-state index contributed by atoms with van der Waals surface area (Å²) >= 11 is 0. The summed E-state index contributed by atoms with van der Waals surface area (Å²) in [6.45, 7) is 1.64. The van der Waals surface area contributed by atoms with Crippen LogP contribution in [0.4, 0.5) is 4.39 Å². The van der Waals surface area contributed by atoms with Gasteiger partial charge in [-0.05, 0) is 25.0 Å². The first-order chi connectivity index (χ1) is 10.5. The fraction of sp³-hybridized carbons (Fsp3) is 0.188. The minimum atomic E-state index is -0.481. The molecule has 1 aromatic rings. The van der Waals surface area contributed by atoms with Crippen LogP contribution in [0.5, 0.6) is 5.75 Å². The number of fused-ring (bicyclic) bond motifs is 1. The summed E-state index contributed by atoms with van der Waals surface area (Å²) in [5, 5.41) is 27.1. The van der Waals surface area contributed by atoms with Crippen LogP contribution in [0.1, 0.15) is 24.8 Å². The van der Waals surface area contributed by atoms with Crippen molar-refractivity contribution < 1.29 is 9.13 Å². The third-order valence-corrected chi connectivity index (χ3v) is 3.47. The van der Waals surface area contributed by atoms with Crippen molar-refractivity contribution >= 4 is 0 Å². The minimum Gasteiger partial charge on any atom is -0.440 e. The van der Waals surface area contributed by atoms with E-state index in [1.165, 1.54) is 18.2 Å². The Morgan fingerprint density at radius 2 is 2.00 bits per heavy atom. The molecule has 0 saturated heterocycles. The molecule has 1 heterocycles. The lowest BCUT2D eigenvalue weighted by molar-refractivity contribution is 0.384. The van der Waals surface area contributed by atoms with Crippen LogP contribution in [0.2, 0.25) is 0 Å². The summed E-state index contributed by atoms with van der Waals surface area (Å²) in [6.07, 6.45) is 0.252. The number of halogens is 1. The van der Waals surface area contributed by atoms with Crippen molar-refractivity contribution in [2.75, 3.05) is 0 Å². The molecule has 1 aromatic carbocycles. The molecule has 1 aliphatic heterocycles. The molecule has 0 spiro atoms. The highest BCUT2D eigenvalue weighted by atomic mass is 19.1. The standard InChI is InChI=1S/C16H11FN4O/c1-9(10(6-18)7-19)4-13-12-3-2-11(17)5-15(12)22-16(21)14(13)8-20/h2-3,5,13H,4,21H2,1H3. The Labute approximate surface area is 126 Å². The normalized spacial score (nSPS) is 15.7. The van der Waals surface area contributed by atoms with Gasteiger partial charge in [-0.2, -0.15) is 15.8 Å². The number of hydrogen-bond donors (Lipinski definition) is 1. The molecule has 22 heavy (non-hydrogen) atoms. The quantitative estimate of drug-likeness (QED) is 0.844. The van der Waals surface area contributed by atoms with E-state index in [9.17, 15) is 9.65 Å². The van der Waals surface area contributed by atoms with Crippen LogP contribution < -0.4 is 10.5 Å². The van der Waals surface area contributed by atoms with Gasteiger partial charge in [0.1, 0.15) is 35.3 Å². The molecule has 0 amide bonds. The Bertz CT molecular complexity index is 802. The zero-order chi connectivity index (χ0) is 16.3. The van der Waals surface area contributed by atoms with Crippen LogP contribution in [-0.2, 0) is 0 Å². The first kappa shape index (κ1) is 15.1. The Hall–Kier alpha value is -3.30. The maximum absolute atomic E-state index is 13.3. The average molecular weight is 294 g/mol. The fourth-order valence-corrected chi connectivity index (χ4v) is 2.35. The fourth-order valence-electron chi connectivity index (χ4n) is 2.35. The van der Waals surface area contributed by atoms with Crippen molar-refractivity contribution in [3.63, 3.8) is 0 Å². The molecule has 1 atom stereocenters. The van der Waals surface area contributed by atoms with E-state index >= 15 is 0 Å². The number of hydrogen-bond acceptors (Lipinski definition) is 5. The lowest BCUT2D eigenvalue weighted by atomic mass is 9.83. The lowest BCUT2D eigenvalue weighted by Crippen LogP contribution is -2.20.